The summed E-state index contributed by atoms with van der Waals surface area (Å²) in [6, 6.07) is 5.62. The van der Waals surface area contributed by atoms with E-state index in [0.29, 0.717) is 5.69 Å². The van der Waals surface area contributed by atoms with E-state index in [-0.39, 0.29) is 5.91 Å². The van der Waals surface area contributed by atoms with E-state index >= 15 is 0 Å². The second-order valence-electron chi connectivity index (χ2n) is 6.17. The van der Waals surface area contributed by atoms with E-state index < -0.39 is 0 Å². The Morgan fingerprint density at radius 1 is 1.21 bits per heavy atom. The monoisotopic (exact) mass is 258 g/mol. The summed E-state index contributed by atoms with van der Waals surface area (Å²) in [5.74, 6) is 1.65. The van der Waals surface area contributed by atoms with Crippen LogP contribution in [0.5, 0.6) is 0 Å². The lowest BCUT2D eigenvalue weighted by atomic mass is 10.1. The van der Waals surface area contributed by atoms with Crippen LogP contribution in [0.2, 0.25) is 0 Å². The summed E-state index contributed by atoms with van der Waals surface area (Å²) >= 11 is 0. The Morgan fingerprint density at radius 3 is 2.32 bits per heavy atom. The molecule has 0 saturated heterocycles. The first kappa shape index (κ1) is 12.5. The Bertz CT molecular complexity index is 476. The number of nitrogens with zero attached hydrogens (tertiary/aromatic N) is 1. The molecule has 2 aliphatic carbocycles. The summed E-state index contributed by atoms with van der Waals surface area (Å²) in [4.78, 5) is 14.8. The SMILES string of the molecule is Cc1ccc(N)cc1C(=O)N(CC1CC1)CC1CC1. The van der Waals surface area contributed by atoms with Crippen LogP contribution in [0.3, 0.4) is 0 Å². The maximum absolute atomic E-state index is 12.7. The topological polar surface area (TPSA) is 46.3 Å². The van der Waals surface area contributed by atoms with Gasteiger partial charge < -0.3 is 10.6 Å². The summed E-state index contributed by atoms with van der Waals surface area (Å²) in [5, 5.41) is 0. The number of nitrogens with two attached hydrogens (primary N) is 1. The number of anilines is 1. The zero-order valence-corrected chi connectivity index (χ0v) is 11.6. The molecule has 0 radical (unpaired) electrons. The Kier molecular flexibility index (Phi) is 3.21. The minimum Gasteiger partial charge on any atom is -0.399 e. The van der Waals surface area contributed by atoms with Crippen molar-refractivity contribution in [1.82, 2.24) is 4.90 Å². The van der Waals surface area contributed by atoms with E-state index in [1.165, 1.54) is 25.7 Å². The van der Waals surface area contributed by atoms with Gasteiger partial charge in [0, 0.05) is 24.3 Å². The molecule has 2 aliphatic rings. The molecule has 2 N–H and O–H groups in total. The fourth-order valence-corrected chi connectivity index (χ4v) is 2.50. The van der Waals surface area contributed by atoms with E-state index in [0.717, 1.165) is 36.1 Å². The van der Waals surface area contributed by atoms with Crippen molar-refractivity contribution in [2.75, 3.05) is 18.8 Å². The van der Waals surface area contributed by atoms with Crippen molar-refractivity contribution in [3.05, 3.63) is 29.3 Å². The van der Waals surface area contributed by atoms with Crippen LogP contribution in [0.15, 0.2) is 18.2 Å². The van der Waals surface area contributed by atoms with E-state index in [4.69, 9.17) is 5.73 Å². The highest BCUT2D eigenvalue weighted by Gasteiger charge is 2.32. The molecular weight excluding hydrogens is 236 g/mol. The molecule has 3 rings (SSSR count). The molecule has 0 aliphatic heterocycles. The summed E-state index contributed by atoms with van der Waals surface area (Å²) in [6.07, 6.45) is 5.13. The van der Waals surface area contributed by atoms with Crippen molar-refractivity contribution >= 4 is 11.6 Å². The lowest BCUT2D eigenvalue weighted by Gasteiger charge is -2.23. The lowest BCUT2D eigenvalue weighted by Crippen LogP contribution is -2.35. The van der Waals surface area contributed by atoms with E-state index in [1.807, 2.05) is 25.1 Å². The molecule has 102 valence electrons. The Balaban J connectivity index is 1.78. The number of aryl methyl sites for hydroxylation is 1. The van der Waals surface area contributed by atoms with Gasteiger partial charge in [-0.3, -0.25) is 4.79 Å². The second-order valence-corrected chi connectivity index (χ2v) is 6.17. The van der Waals surface area contributed by atoms with Gasteiger partial charge in [-0.05, 0) is 62.1 Å². The zero-order valence-electron chi connectivity index (χ0n) is 11.6. The number of hydrogen-bond acceptors (Lipinski definition) is 2. The van der Waals surface area contributed by atoms with E-state index in [2.05, 4.69) is 4.90 Å². The summed E-state index contributed by atoms with van der Waals surface area (Å²) in [7, 11) is 0. The third kappa shape index (κ3) is 3.09. The average Bonchev–Trinajstić information content (AvgIpc) is 3.25. The molecule has 3 heteroatoms. The number of amides is 1. The first-order valence-corrected chi connectivity index (χ1v) is 7.29. The minimum absolute atomic E-state index is 0.170. The van der Waals surface area contributed by atoms with Crippen molar-refractivity contribution in [2.24, 2.45) is 11.8 Å². The van der Waals surface area contributed by atoms with Crippen LogP contribution < -0.4 is 5.73 Å². The number of carbonyl (C=O) groups is 1. The largest absolute Gasteiger partial charge is 0.399 e. The molecule has 0 aromatic heterocycles. The quantitative estimate of drug-likeness (QED) is 0.825. The van der Waals surface area contributed by atoms with Gasteiger partial charge in [-0.15, -0.1) is 0 Å². The molecule has 3 nitrogen and oxygen atoms in total. The summed E-state index contributed by atoms with van der Waals surface area (Å²) in [6.45, 7) is 3.85. The number of carbonyl (C=O) groups excluding carboxylic acids is 1. The first-order valence-electron chi connectivity index (χ1n) is 7.29. The lowest BCUT2D eigenvalue weighted by molar-refractivity contribution is 0.0739. The fourth-order valence-electron chi connectivity index (χ4n) is 2.50. The van der Waals surface area contributed by atoms with Crippen LogP contribution in [0.1, 0.15) is 41.6 Å². The zero-order chi connectivity index (χ0) is 13.4. The highest BCUT2D eigenvalue weighted by Crippen LogP contribution is 2.34. The Morgan fingerprint density at radius 2 is 1.79 bits per heavy atom. The highest BCUT2D eigenvalue weighted by atomic mass is 16.2. The molecule has 0 bridgehead atoms. The van der Waals surface area contributed by atoms with Crippen LogP contribution >= 0.6 is 0 Å². The van der Waals surface area contributed by atoms with Crippen LogP contribution in [-0.4, -0.2) is 23.9 Å². The number of nitrogen functional groups attached to an aromatic ring is 1. The smallest absolute Gasteiger partial charge is 0.254 e. The molecule has 1 amide bonds. The van der Waals surface area contributed by atoms with Crippen molar-refractivity contribution < 1.29 is 4.79 Å². The molecular formula is C16H22N2O. The molecule has 1 aromatic rings. The number of rotatable bonds is 5. The maximum atomic E-state index is 12.7. The average molecular weight is 258 g/mol. The maximum Gasteiger partial charge on any atom is 0.254 e. The van der Waals surface area contributed by atoms with Crippen LogP contribution in [-0.2, 0) is 0 Å². The first-order chi connectivity index (χ1) is 9.13. The number of benzene rings is 1. The molecule has 0 heterocycles. The molecule has 0 atom stereocenters. The molecule has 0 spiro atoms. The Labute approximate surface area is 114 Å². The van der Waals surface area contributed by atoms with Gasteiger partial charge in [0.15, 0.2) is 0 Å². The van der Waals surface area contributed by atoms with Gasteiger partial charge in [-0.25, -0.2) is 0 Å². The minimum atomic E-state index is 0.170. The molecule has 1 aromatic carbocycles. The van der Waals surface area contributed by atoms with Gasteiger partial charge in [0.25, 0.3) is 5.91 Å². The predicted molar refractivity (Wildman–Crippen MR) is 76.9 cm³/mol. The molecule has 2 saturated carbocycles. The summed E-state index contributed by atoms with van der Waals surface area (Å²) < 4.78 is 0. The van der Waals surface area contributed by atoms with Gasteiger partial charge in [-0.1, -0.05) is 6.07 Å². The number of hydrogen-bond donors (Lipinski definition) is 1. The van der Waals surface area contributed by atoms with Gasteiger partial charge in [0.1, 0.15) is 0 Å². The van der Waals surface area contributed by atoms with E-state index in [1.54, 1.807) is 0 Å². The predicted octanol–water partition coefficient (Wildman–Crippen LogP) is 2.84. The van der Waals surface area contributed by atoms with Gasteiger partial charge >= 0.3 is 0 Å². The second kappa shape index (κ2) is 4.87. The molecule has 2 fully saturated rings. The Hall–Kier alpha value is -1.51. The van der Waals surface area contributed by atoms with E-state index in [9.17, 15) is 4.79 Å². The van der Waals surface area contributed by atoms with Crippen LogP contribution in [0.25, 0.3) is 0 Å². The van der Waals surface area contributed by atoms with Crippen molar-refractivity contribution in [3.8, 4) is 0 Å². The fraction of sp³-hybridized carbons (Fsp3) is 0.562. The van der Waals surface area contributed by atoms with Crippen molar-refractivity contribution in [3.63, 3.8) is 0 Å². The van der Waals surface area contributed by atoms with Gasteiger partial charge in [-0.2, -0.15) is 0 Å². The highest BCUT2D eigenvalue weighted by molar-refractivity contribution is 5.96. The van der Waals surface area contributed by atoms with Crippen LogP contribution in [0.4, 0.5) is 5.69 Å². The summed E-state index contributed by atoms with van der Waals surface area (Å²) in [5.41, 5.74) is 8.30. The van der Waals surface area contributed by atoms with Crippen molar-refractivity contribution in [1.29, 1.82) is 0 Å². The third-order valence-electron chi connectivity index (χ3n) is 4.13. The molecule has 19 heavy (non-hydrogen) atoms. The molecule has 0 unspecified atom stereocenters. The van der Waals surface area contributed by atoms with Crippen LogP contribution in [0, 0.1) is 18.8 Å². The standard InChI is InChI=1S/C16H22N2O/c1-11-2-7-14(17)8-15(11)16(19)18(9-12-3-4-12)10-13-5-6-13/h2,7-8,12-13H,3-6,9-10,17H2,1H3. The third-order valence-corrected chi connectivity index (χ3v) is 4.13. The van der Waals surface area contributed by atoms with Gasteiger partial charge in [0.05, 0.1) is 0 Å². The normalized spacial score (nSPS) is 18.4. The van der Waals surface area contributed by atoms with Gasteiger partial charge in [0.2, 0.25) is 0 Å². The van der Waals surface area contributed by atoms with Crippen molar-refractivity contribution in [2.45, 2.75) is 32.6 Å².